The Hall–Kier alpha value is -2.74. The minimum absolute atomic E-state index is 0.00281. The summed E-state index contributed by atoms with van der Waals surface area (Å²) in [5.74, 6) is 0.512. The van der Waals surface area contributed by atoms with Crippen molar-refractivity contribution in [3.8, 4) is 5.75 Å². The van der Waals surface area contributed by atoms with Crippen LogP contribution in [-0.4, -0.2) is 19.9 Å². The summed E-state index contributed by atoms with van der Waals surface area (Å²) in [7, 11) is 0. The number of aromatic nitrogens is 3. The van der Waals surface area contributed by atoms with E-state index in [9.17, 15) is 10.1 Å². The molecule has 0 bridgehead atoms. The summed E-state index contributed by atoms with van der Waals surface area (Å²) in [6.45, 7) is 0.861. The van der Waals surface area contributed by atoms with Gasteiger partial charge in [-0.15, -0.1) is 5.10 Å². The van der Waals surface area contributed by atoms with E-state index < -0.39 is 4.92 Å². The van der Waals surface area contributed by atoms with Gasteiger partial charge in [-0.1, -0.05) is 35.5 Å². The van der Waals surface area contributed by atoms with E-state index >= 15 is 0 Å². The van der Waals surface area contributed by atoms with E-state index in [1.165, 1.54) is 12.1 Å². The quantitative estimate of drug-likeness (QED) is 0.475. The van der Waals surface area contributed by atoms with Gasteiger partial charge in [0.05, 0.1) is 22.1 Å². The molecule has 0 aliphatic carbocycles. The number of halogens is 1. The van der Waals surface area contributed by atoms with Crippen LogP contribution in [-0.2, 0) is 13.2 Å². The summed E-state index contributed by atoms with van der Waals surface area (Å²) in [5, 5.41) is 18.9. The molecule has 0 aliphatic rings. The van der Waals surface area contributed by atoms with Crippen LogP contribution in [0.25, 0.3) is 0 Å². The molecule has 0 radical (unpaired) electrons. The number of ether oxygens (including phenoxy) is 1. The number of hydrogen-bond acceptors (Lipinski definition) is 5. The average molecular weight is 389 g/mol. The first-order valence-electron chi connectivity index (χ1n) is 7.11. The Morgan fingerprint density at radius 1 is 1.21 bits per heavy atom. The van der Waals surface area contributed by atoms with Crippen LogP contribution in [0, 0.1) is 10.1 Å². The predicted molar refractivity (Wildman–Crippen MR) is 90.7 cm³/mol. The molecule has 0 N–H and O–H groups in total. The first-order valence-corrected chi connectivity index (χ1v) is 7.91. The molecule has 0 atom stereocenters. The Morgan fingerprint density at radius 3 is 2.71 bits per heavy atom. The summed E-state index contributed by atoms with van der Waals surface area (Å²) in [6.07, 6.45) is 1.81. The zero-order valence-electron chi connectivity index (χ0n) is 12.5. The summed E-state index contributed by atoms with van der Waals surface area (Å²) in [4.78, 5) is 10.3. The minimum atomic E-state index is -0.455. The van der Waals surface area contributed by atoms with Crippen molar-refractivity contribution in [3.05, 3.63) is 80.6 Å². The Kier molecular flexibility index (Phi) is 4.85. The van der Waals surface area contributed by atoms with Crippen molar-refractivity contribution >= 4 is 21.6 Å². The van der Waals surface area contributed by atoms with E-state index in [0.29, 0.717) is 22.5 Å². The molecule has 8 heteroatoms. The average Bonchev–Trinajstić information content (AvgIpc) is 3.02. The topological polar surface area (TPSA) is 83.1 Å². The number of hydrogen-bond donors (Lipinski definition) is 0. The highest BCUT2D eigenvalue weighted by Gasteiger charge is 2.11. The fourth-order valence-corrected chi connectivity index (χ4v) is 2.61. The second kappa shape index (κ2) is 7.22. The van der Waals surface area contributed by atoms with E-state index in [1.807, 2.05) is 36.5 Å². The molecule has 1 heterocycles. The molecule has 0 fully saturated rings. The fraction of sp³-hybridized carbons (Fsp3) is 0.125. The van der Waals surface area contributed by atoms with Crippen molar-refractivity contribution in [2.45, 2.75) is 13.2 Å². The first kappa shape index (κ1) is 16.1. The highest BCUT2D eigenvalue weighted by molar-refractivity contribution is 9.10. The third-order valence-electron chi connectivity index (χ3n) is 3.28. The molecule has 1 aromatic heterocycles. The molecular weight excluding hydrogens is 376 g/mol. The second-order valence-electron chi connectivity index (χ2n) is 5.05. The molecule has 0 saturated carbocycles. The van der Waals surface area contributed by atoms with Crippen molar-refractivity contribution in [2.24, 2.45) is 0 Å². The van der Waals surface area contributed by atoms with Gasteiger partial charge in [-0.05, 0) is 27.6 Å². The summed E-state index contributed by atoms with van der Waals surface area (Å²) in [5.41, 5.74) is 1.81. The van der Waals surface area contributed by atoms with Crippen LogP contribution in [0.4, 0.5) is 5.69 Å². The molecule has 7 nitrogen and oxygen atoms in total. The number of nitro benzene ring substituents is 1. The number of rotatable bonds is 6. The van der Waals surface area contributed by atoms with Crippen LogP contribution in [0.5, 0.6) is 5.75 Å². The summed E-state index contributed by atoms with van der Waals surface area (Å²) in [6, 6.07) is 14.3. The van der Waals surface area contributed by atoms with Gasteiger partial charge in [0.1, 0.15) is 18.1 Å². The Balaban J connectivity index is 1.62. The fourth-order valence-electron chi connectivity index (χ4n) is 2.12. The standard InChI is InChI=1S/C16H13BrN4O3/c17-15-8-14(21(22)23)6-7-16(15)24-11-13-10-20(19-18-13)9-12-4-2-1-3-5-12/h1-8,10H,9,11H2. The Morgan fingerprint density at radius 2 is 2.00 bits per heavy atom. The Labute approximate surface area is 146 Å². The van der Waals surface area contributed by atoms with E-state index in [2.05, 4.69) is 26.2 Å². The van der Waals surface area contributed by atoms with Crippen LogP contribution < -0.4 is 4.74 Å². The van der Waals surface area contributed by atoms with Crippen molar-refractivity contribution in [1.29, 1.82) is 0 Å². The lowest BCUT2D eigenvalue weighted by atomic mass is 10.2. The van der Waals surface area contributed by atoms with Gasteiger partial charge >= 0.3 is 0 Å². The lowest BCUT2D eigenvalue weighted by molar-refractivity contribution is -0.385. The largest absolute Gasteiger partial charge is 0.486 e. The zero-order chi connectivity index (χ0) is 16.9. The Bertz CT molecular complexity index is 852. The van der Waals surface area contributed by atoms with Crippen LogP contribution in [0.2, 0.25) is 0 Å². The van der Waals surface area contributed by atoms with E-state index in [-0.39, 0.29) is 12.3 Å². The van der Waals surface area contributed by atoms with Gasteiger partial charge in [-0.2, -0.15) is 0 Å². The normalized spacial score (nSPS) is 10.5. The number of nitrogens with zero attached hydrogens (tertiary/aromatic N) is 4. The van der Waals surface area contributed by atoms with E-state index in [1.54, 1.807) is 10.7 Å². The molecule has 24 heavy (non-hydrogen) atoms. The SMILES string of the molecule is O=[N+]([O-])c1ccc(OCc2cn(Cc3ccccc3)nn2)c(Br)c1. The summed E-state index contributed by atoms with van der Waals surface area (Å²) < 4.78 is 7.89. The molecule has 0 saturated heterocycles. The zero-order valence-corrected chi connectivity index (χ0v) is 14.1. The maximum atomic E-state index is 10.7. The number of benzene rings is 2. The van der Waals surface area contributed by atoms with Gasteiger partial charge in [0.2, 0.25) is 0 Å². The van der Waals surface area contributed by atoms with Crippen LogP contribution in [0.1, 0.15) is 11.3 Å². The molecular formula is C16H13BrN4O3. The lowest BCUT2D eigenvalue weighted by Crippen LogP contribution is -2.00. The molecule has 3 rings (SSSR count). The molecule has 122 valence electrons. The van der Waals surface area contributed by atoms with Gasteiger partial charge in [0, 0.05) is 12.1 Å². The predicted octanol–water partition coefficient (Wildman–Crippen LogP) is 3.58. The second-order valence-corrected chi connectivity index (χ2v) is 5.91. The third-order valence-corrected chi connectivity index (χ3v) is 3.90. The van der Waals surface area contributed by atoms with Crippen molar-refractivity contribution in [2.75, 3.05) is 0 Å². The van der Waals surface area contributed by atoms with E-state index in [0.717, 1.165) is 5.56 Å². The lowest BCUT2D eigenvalue weighted by Gasteiger charge is -2.05. The smallest absolute Gasteiger partial charge is 0.270 e. The maximum Gasteiger partial charge on any atom is 0.270 e. The van der Waals surface area contributed by atoms with Crippen LogP contribution in [0.3, 0.4) is 0 Å². The van der Waals surface area contributed by atoms with Gasteiger partial charge in [-0.3, -0.25) is 10.1 Å². The number of nitro groups is 1. The van der Waals surface area contributed by atoms with Gasteiger partial charge in [0.15, 0.2) is 0 Å². The van der Waals surface area contributed by atoms with Gasteiger partial charge < -0.3 is 4.74 Å². The van der Waals surface area contributed by atoms with E-state index in [4.69, 9.17) is 4.74 Å². The highest BCUT2D eigenvalue weighted by atomic mass is 79.9. The molecule has 0 spiro atoms. The molecule has 0 aliphatic heterocycles. The van der Waals surface area contributed by atoms with Crippen molar-refractivity contribution < 1.29 is 9.66 Å². The maximum absolute atomic E-state index is 10.7. The van der Waals surface area contributed by atoms with Crippen LogP contribution in [0.15, 0.2) is 59.2 Å². The van der Waals surface area contributed by atoms with Crippen LogP contribution >= 0.6 is 15.9 Å². The molecule has 0 unspecified atom stereocenters. The number of non-ortho nitro benzene ring substituents is 1. The minimum Gasteiger partial charge on any atom is -0.486 e. The molecule has 2 aromatic carbocycles. The first-order chi connectivity index (χ1) is 11.6. The monoisotopic (exact) mass is 388 g/mol. The van der Waals surface area contributed by atoms with Crippen molar-refractivity contribution in [3.63, 3.8) is 0 Å². The highest BCUT2D eigenvalue weighted by Crippen LogP contribution is 2.29. The van der Waals surface area contributed by atoms with Crippen molar-refractivity contribution in [1.82, 2.24) is 15.0 Å². The van der Waals surface area contributed by atoms with Gasteiger partial charge in [-0.25, -0.2) is 4.68 Å². The van der Waals surface area contributed by atoms with Gasteiger partial charge in [0.25, 0.3) is 5.69 Å². The third kappa shape index (κ3) is 3.96. The molecule has 0 amide bonds. The summed E-state index contributed by atoms with van der Waals surface area (Å²) >= 11 is 3.27. The molecule has 3 aromatic rings.